The summed E-state index contributed by atoms with van der Waals surface area (Å²) < 4.78 is 5.64. The minimum Gasteiger partial charge on any atom is -0.481 e. The average Bonchev–Trinajstić information content (AvgIpc) is 3.48. The Hall–Kier alpha value is -3.35. The third kappa shape index (κ3) is 3.93. The maximum Gasteiger partial charge on any atom is 0.407 e. The number of benzene rings is 2. The number of likely N-dealkylation sites (tertiary alicyclic amines) is 1. The van der Waals surface area contributed by atoms with Crippen molar-refractivity contribution in [3.8, 4) is 11.1 Å². The molecule has 0 spiro atoms. The van der Waals surface area contributed by atoms with Crippen LogP contribution in [0.3, 0.4) is 0 Å². The van der Waals surface area contributed by atoms with Gasteiger partial charge in [-0.05, 0) is 46.4 Å². The van der Waals surface area contributed by atoms with Gasteiger partial charge >= 0.3 is 12.1 Å². The summed E-state index contributed by atoms with van der Waals surface area (Å²) in [5.41, 5.74) is 4.58. The molecule has 5 rings (SSSR count). The average molecular weight is 463 g/mol. The van der Waals surface area contributed by atoms with Crippen LogP contribution in [-0.4, -0.2) is 53.7 Å². The van der Waals surface area contributed by atoms with Crippen LogP contribution in [-0.2, 0) is 14.3 Å². The van der Waals surface area contributed by atoms with Gasteiger partial charge in [0.2, 0.25) is 5.91 Å². The topological polar surface area (TPSA) is 95.9 Å². The summed E-state index contributed by atoms with van der Waals surface area (Å²) >= 11 is 0. The smallest absolute Gasteiger partial charge is 0.407 e. The molecule has 2 aromatic carbocycles. The lowest BCUT2D eigenvalue weighted by molar-refractivity contribution is -0.139. The number of carbonyl (C=O) groups is 3. The van der Waals surface area contributed by atoms with E-state index in [0.29, 0.717) is 19.5 Å². The van der Waals surface area contributed by atoms with Crippen LogP contribution < -0.4 is 5.32 Å². The Morgan fingerprint density at radius 1 is 1.03 bits per heavy atom. The number of nitrogens with zero attached hydrogens (tertiary/aromatic N) is 1. The zero-order valence-corrected chi connectivity index (χ0v) is 19.4. The van der Waals surface area contributed by atoms with E-state index in [1.165, 1.54) is 0 Å². The van der Waals surface area contributed by atoms with Gasteiger partial charge in [-0.25, -0.2) is 4.79 Å². The Bertz CT molecular complexity index is 1080. The van der Waals surface area contributed by atoms with E-state index in [2.05, 4.69) is 29.6 Å². The second-order valence-electron chi connectivity index (χ2n) is 9.96. The second-order valence-corrected chi connectivity index (χ2v) is 9.96. The monoisotopic (exact) mass is 462 g/mol. The summed E-state index contributed by atoms with van der Waals surface area (Å²) in [5, 5.41) is 12.1. The van der Waals surface area contributed by atoms with Gasteiger partial charge in [-0.2, -0.15) is 0 Å². The van der Waals surface area contributed by atoms with Gasteiger partial charge < -0.3 is 20.1 Å². The molecule has 7 nitrogen and oxygen atoms in total. The summed E-state index contributed by atoms with van der Waals surface area (Å²) in [6.45, 7) is 4.93. The third-order valence-electron chi connectivity index (χ3n) is 7.64. The summed E-state index contributed by atoms with van der Waals surface area (Å²) in [4.78, 5) is 39.0. The molecule has 2 N–H and O–H groups in total. The number of aliphatic carboxylic acids is 1. The molecule has 0 radical (unpaired) electrons. The predicted molar refractivity (Wildman–Crippen MR) is 126 cm³/mol. The molecule has 3 unspecified atom stereocenters. The summed E-state index contributed by atoms with van der Waals surface area (Å²) in [6.07, 6.45) is 0.0852. The van der Waals surface area contributed by atoms with E-state index in [-0.39, 0.29) is 42.1 Å². The molecule has 2 aliphatic carbocycles. The lowest BCUT2D eigenvalue weighted by Gasteiger charge is -2.32. The van der Waals surface area contributed by atoms with E-state index in [4.69, 9.17) is 4.74 Å². The SMILES string of the molecule is CC(C)[C@H](NC(=O)OCC1c2ccccc2-c2ccccc21)C(=O)N1CCC2C(C1)C2C(=O)O. The van der Waals surface area contributed by atoms with Crippen LogP contribution in [0, 0.1) is 23.7 Å². The van der Waals surface area contributed by atoms with E-state index in [1.54, 1.807) is 4.90 Å². The fraction of sp³-hybridized carbons (Fsp3) is 0.444. The zero-order chi connectivity index (χ0) is 24.0. The number of carbonyl (C=O) groups excluding carboxylic acids is 2. The van der Waals surface area contributed by atoms with Crippen LogP contribution in [0.4, 0.5) is 4.79 Å². The minimum atomic E-state index is -0.776. The van der Waals surface area contributed by atoms with Gasteiger partial charge in [0.05, 0.1) is 5.92 Å². The van der Waals surface area contributed by atoms with E-state index in [9.17, 15) is 19.5 Å². The predicted octanol–water partition coefficient (Wildman–Crippen LogP) is 3.73. The largest absolute Gasteiger partial charge is 0.481 e. The highest BCUT2D eigenvalue weighted by Crippen LogP contribution is 2.51. The summed E-state index contributed by atoms with van der Waals surface area (Å²) in [6, 6.07) is 15.6. The van der Waals surface area contributed by atoms with Crippen molar-refractivity contribution in [2.75, 3.05) is 19.7 Å². The molecule has 1 saturated carbocycles. The molecule has 4 atom stereocenters. The molecule has 2 fully saturated rings. The number of carboxylic acids is 1. The van der Waals surface area contributed by atoms with E-state index in [0.717, 1.165) is 22.3 Å². The normalized spacial score (nSPS) is 23.5. The van der Waals surface area contributed by atoms with Gasteiger partial charge in [0, 0.05) is 19.0 Å². The number of carboxylic acid groups (broad SMARTS) is 1. The Morgan fingerprint density at radius 2 is 1.65 bits per heavy atom. The van der Waals surface area contributed by atoms with Gasteiger partial charge in [0.15, 0.2) is 0 Å². The fourth-order valence-electron chi connectivity index (χ4n) is 5.78. The quantitative estimate of drug-likeness (QED) is 0.682. The molecular weight excluding hydrogens is 432 g/mol. The highest BCUT2D eigenvalue weighted by molar-refractivity contribution is 5.86. The molecule has 1 saturated heterocycles. The number of hydrogen-bond acceptors (Lipinski definition) is 4. The number of hydrogen-bond donors (Lipinski definition) is 2. The molecule has 1 aliphatic heterocycles. The fourth-order valence-corrected chi connectivity index (χ4v) is 5.78. The van der Waals surface area contributed by atoms with Crippen molar-refractivity contribution in [1.82, 2.24) is 10.2 Å². The molecule has 2 aromatic rings. The van der Waals surface area contributed by atoms with Crippen molar-refractivity contribution in [3.63, 3.8) is 0 Å². The van der Waals surface area contributed by atoms with Crippen molar-refractivity contribution >= 4 is 18.0 Å². The second kappa shape index (κ2) is 8.78. The van der Waals surface area contributed by atoms with E-state index in [1.807, 2.05) is 38.1 Å². The molecule has 7 heteroatoms. The van der Waals surface area contributed by atoms with Crippen molar-refractivity contribution in [2.24, 2.45) is 23.7 Å². The molecule has 3 aliphatic rings. The highest BCUT2D eigenvalue weighted by Gasteiger charge is 2.57. The van der Waals surface area contributed by atoms with Crippen LogP contribution in [0.1, 0.15) is 37.3 Å². The molecular formula is C27H30N2O5. The van der Waals surface area contributed by atoms with Crippen molar-refractivity contribution in [3.05, 3.63) is 59.7 Å². The first kappa shape index (κ1) is 22.4. The number of amides is 2. The summed E-state index contributed by atoms with van der Waals surface area (Å²) in [5.74, 6) is -1.26. The van der Waals surface area contributed by atoms with Crippen molar-refractivity contribution in [1.29, 1.82) is 0 Å². The zero-order valence-electron chi connectivity index (χ0n) is 19.4. The first-order chi connectivity index (χ1) is 16.4. The number of alkyl carbamates (subject to hydrolysis) is 1. The number of ether oxygens (including phenoxy) is 1. The van der Waals surface area contributed by atoms with Crippen molar-refractivity contribution < 1.29 is 24.2 Å². The van der Waals surface area contributed by atoms with Gasteiger partial charge in [0.25, 0.3) is 0 Å². The third-order valence-corrected chi connectivity index (χ3v) is 7.64. The van der Waals surface area contributed by atoms with Crippen LogP contribution in [0.15, 0.2) is 48.5 Å². The lowest BCUT2D eigenvalue weighted by atomic mass is 9.98. The Kier molecular flexibility index (Phi) is 5.80. The molecule has 2 amide bonds. The van der Waals surface area contributed by atoms with Crippen LogP contribution in [0.25, 0.3) is 11.1 Å². The molecule has 0 bridgehead atoms. The highest BCUT2D eigenvalue weighted by atomic mass is 16.5. The summed E-state index contributed by atoms with van der Waals surface area (Å²) in [7, 11) is 0. The number of nitrogens with one attached hydrogen (secondary N) is 1. The lowest BCUT2D eigenvalue weighted by Crippen LogP contribution is -2.52. The molecule has 178 valence electrons. The number of piperidine rings is 1. The van der Waals surface area contributed by atoms with Crippen LogP contribution >= 0.6 is 0 Å². The van der Waals surface area contributed by atoms with Gasteiger partial charge in [-0.1, -0.05) is 62.4 Å². The number of rotatable bonds is 6. The molecule has 0 aromatic heterocycles. The molecule has 1 heterocycles. The maximum absolute atomic E-state index is 13.2. The Morgan fingerprint density at radius 3 is 2.24 bits per heavy atom. The maximum atomic E-state index is 13.2. The first-order valence-corrected chi connectivity index (χ1v) is 12.0. The Balaban J connectivity index is 1.22. The van der Waals surface area contributed by atoms with Crippen LogP contribution in [0.2, 0.25) is 0 Å². The first-order valence-electron chi connectivity index (χ1n) is 12.0. The van der Waals surface area contributed by atoms with E-state index >= 15 is 0 Å². The van der Waals surface area contributed by atoms with Gasteiger partial charge in [0.1, 0.15) is 12.6 Å². The Labute approximate surface area is 199 Å². The van der Waals surface area contributed by atoms with Gasteiger partial charge in [-0.15, -0.1) is 0 Å². The molecule has 34 heavy (non-hydrogen) atoms. The van der Waals surface area contributed by atoms with E-state index < -0.39 is 18.1 Å². The minimum absolute atomic E-state index is 0.0254. The van der Waals surface area contributed by atoms with Crippen molar-refractivity contribution in [2.45, 2.75) is 32.2 Å². The number of fused-ring (bicyclic) bond motifs is 4. The van der Waals surface area contributed by atoms with Crippen LogP contribution in [0.5, 0.6) is 0 Å². The standard InChI is InChI=1S/C27H30N2O5/c1-15(2)24(25(30)29-12-11-20-21(13-29)23(20)26(31)32)28-27(33)34-14-22-18-9-5-3-7-16(18)17-8-4-6-10-19(17)22/h3-10,15,20-24H,11-14H2,1-2H3,(H,28,33)(H,31,32)/t20?,21?,23?,24-/m0/s1. The van der Waals surface area contributed by atoms with Gasteiger partial charge in [-0.3, -0.25) is 9.59 Å².